The molecule has 1 aliphatic carbocycles. The Kier molecular flexibility index (Phi) is 4.15. The highest BCUT2D eigenvalue weighted by Crippen LogP contribution is 2.37. The fraction of sp³-hybridized carbons (Fsp3) is 0.176. The van der Waals surface area contributed by atoms with Gasteiger partial charge in [0.05, 0.1) is 5.71 Å². The SMILES string of the molecule is CN=C(N)N/N=C(/C)c1ccc2c(c1)Cc1cc(I)ccc1-2. The zero-order valence-corrected chi connectivity index (χ0v) is 14.7. The Hall–Kier alpha value is -1.89. The molecule has 0 saturated carbocycles. The summed E-state index contributed by atoms with van der Waals surface area (Å²) in [5.74, 6) is 0.308. The standard InChI is InChI=1S/C17H17IN4/c1-10(21-22-17(19)20-2)11-3-5-15-12(7-11)8-13-9-14(18)4-6-16(13)15/h3-7,9H,8H2,1-2H3,(H3,19,20,22)/b21-10-. The molecule has 5 heteroatoms. The number of hydrogen-bond acceptors (Lipinski definition) is 2. The minimum absolute atomic E-state index is 0.308. The van der Waals surface area contributed by atoms with Gasteiger partial charge in [0, 0.05) is 10.6 Å². The third kappa shape index (κ3) is 2.85. The number of rotatable bonds is 2. The molecular formula is C17H17IN4. The van der Waals surface area contributed by atoms with Crippen molar-refractivity contribution in [3.63, 3.8) is 0 Å². The van der Waals surface area contributed by atoms with Crippen molar-refractivity contribution in [3.05, 3.63) is 56.7 Å². The highest BCUT2D eigenvalue weighted by atomic mass is 127. The van der Waals surface area contributed by atoms with Gasteiger partial charge in [-0.1, -0.05) is 18.2 Å². The summed E-state index contributed by atoms with van der Waals surface area (Å²) >= 11 is 2.36. The van der Waals surface area contributed by atoms with Gasteiger partial charge < -0.3 is 5.73 Å². The van der Waals surface area contributed by atoms with Gasteiger partial charge in [-0.2, -0.15) is 5.10 Å². The fourth-order valence-electron chi connectivity index (χ4n) is 2.66. The molecule has 3 N–H and O–H groups in total. The summed E-state index contributed by atoms with van der Waals surface area (Å²) in [4.78, 5) is 3.82. The number of nitrogens with zero attached hydrogens (tertiary/aromatic N) is 2. The number of nitrogens with one attached hydrogen (secondary N) is 1. The molecule has 0 aliphatic heterocycles. The number of halogens is 1. The second-order valence-electron chi connectivity index (χ2n) is 5.27. The van der Waals surface area contributed by atoms with E-state index in [0.29, 0.717) is 5.96 Å². The monoisotopic (exact) mass is 404 g/mol. The maximum absolute atomic E-state index is 5.59. The van der Waals surface area contributed by atoms with Crippen molar-refractivity contribution in [2.75, 3.05) is 7.05 Å². The summed E-state index contributed by atoms with van der Waals surface area (Å²) in [7, 11) is 1.63. The smallest absolute Gasteiger partial charge is 0.209 e. The average Bonchev–Trinajstić information content (AvgIpc) is 2.88. The lowest BCUT2D eigenvalue weighted by Gasteiger charge is -2.06. The van der Waals surface area contributed by atoms with Crippen LogP contribution < -0.4 is 11.2 Å². The largest absolute Gasteiger partial charge is 0.369 e. The lowest BCUT2D eigenvalue weighted by molar-refractivity contribution is 0.997. The van der Waals surface area contributed by atoms with Crippen LogP contribution in [0.15, 0.2) is 46.5 Å². The van der Waals surface area contributed by atoms with Gasteiger partial charge in [0.1, 0.15) is 0 Å². The summed E-state index contributed by atoms with van der Waals surface area (Å²) < 4.78 is 1.28. The summed E-state index contributed by atoms with van der Waals surface area (Å²) in [6.45, 7) is 1.96. The molecule has 0 atom stereocenters. The van der Waals surface area contributed by atoms with E-state index >= 15 is 0 Å². The van der Waals surface area contributed by atoms with Gasteiger partial charge in [-0.25, -0.2) is 5.43 Å². The van der Waals surface area contributed by atoms with E-state index in [1.54, 1.807) is 7.05 Å². The van der Waals surface area contributed by atoms with Gasteiger partial charge in [0.15, 0.2) is 0 Å². The first-order valence-electron chi connectivity index (χ1n) is 7.03. The number of aliphatic imine (C=N–C) groups is 1. The number of hydrogen-bond donors (Lipinski definition) is 2. The van der Waals surface area contributed by atoms with Crippen molar-refractivity contribution in [3.8, 4) is 11.1 Å². The Balaban J connectivity index is 1.91. The molecule has 0 bridgehead atoms. The van der Waals surface area contributed by atoms with Crippen molar-refractivity contribution in [1.29, 1.82) is 0 Å². The Bertz CT molecular complexity index is 793. The first-order valence-corrected chi connectivity index (χ1v) is 8.11. The third-order valence-corrected chi connectivity index (χ3v) is 4.51. The second-order valence-corrected chi connectivity index (χ2v) is 6.51. The first-order chi connectivity index (χ1) is 10.6. The van der Waals surface area contributed by atoms with Crippen LogP contribution in [0.25, 0.3) is 11.1 Å². The summed E-state index contributed by atoms with van der Waals surface area (Å²) in [6, 6.07) is 13.1. The molecule has 112 valence electrons. The minimum Gasteiger partial charge on any atom is -0.369 e. The molecule has 0 spiro atoms. The van der Waals surface area contributed by atoms with Gasteiger partial charge in [0.25, 0.3) is 0 Å². The predicted octanol–water partition coefficient (Wildman–Crippen LogP) is 3.12. The zero-order chi connectivity index (χ0) is 15.7. The molecule has 1 aliphatic rings. The second kappa shape index (κ2) is 6.08. The summed E-state index contributed by atoms with van der Waals surface area (Å²) in [5.41, 5.74) is 15.7. The average molecular weight is 404 g/mol. The quantitative estimate of drug-likeness (QED) is 0.299. The Morgan fingerprint density at radius 1 is 1.14 bits per heavy atom. The van der Waals surface area contributed by atoms with E-state index < -0.39 is 0 Å². The summed E-state index contributed by atoms with van der Waals surface area (Å²) in [5, 5.41) is 4.26. The van der Waals surface area contributed by atoms with Crippen LogP contribution in [0.4, 0.5) is 0 Å². The van der Waals surface area contributed by atoms with Crippen LogP contribution >= 0.6 is 22.6 Å². The molecule has 0 radical (unpaired) electrons. The highest BCUT2D eigenvalue weighted by molar-refractivity contribution is 14.1. The van der Waals surface area contributed by atoms with Crippen LogP contribution in [0.3, 0.4) is 0 Å². The lowest BCUT2D eigenvalue weighted by Crippen LogP contribution is -2.27. The molecule has 2 aromatic rings. The molecule has 0 amide bonds. The molecule has 2 aromatic carbocycles. The normalized spacial score (nSPS) is 13.8. The van der Waals surface area contributed by atoms with E-state index in [1.807, 2.05) is 6.92 Å². The molecule has 3 rings (SSSR count). The molecule has 0 saturated heterocycles. The van der Waals surface area contributed by atoms with E-state index in [1.165, 1.54) is 25.8 Å². The Morgan fingerprint density at radius 3 is 2.55 bits per heavy atom. The van der Waals surface area contributed by atoms with E-state index in [-0.39, 0.29) is 0 Å². The van der Waals surface area contributed by atoms with Crippen molar-refractivity contribution in [2.24, 2.45) is 15.8 Å². The van der Waals surface area contributed by atoms with Gasteiger partial charge >= 0.3 is 0 Å². The molecule has 0 heterocycles. The molecule has 0 fully saturated rings. The third-order valence-electron chi connectivity index (χ3n) is 3.84. The first kappa shape index (κ1) is 15.0. The van der Waals surface area contributed by atoms with E-state index in [4.69, 9.17) is 5.73 Å². The van der Waals surface area contributed by atoms with Crippen molar-refractivity contribution in [2.45, 2.75) is 13.3 Å². The molecule has 0 unspecified atom stereocenters. The Labute approximate surface area is 143 Å². The number of fused-ring (bicyclic) bond motifs is 3. The van der Waals surface area contributed by atoms with Crippen LogP contribution in [0.1, 0.15) is 23.6 Å². The van der Waals surface area contributed by atoms with Crippen LogP contribution in [-0.4, -0.2) is 18.7 Å². The van der Waals surface area contributed by atoms with Crippen molar-refractivity contribution in [1.82, 2.24) is 5.43 Å². The minimum atomic E-state index is 0.308. The van der Waals surface area contributed by atoms with E-state index in [2.05, 4.69) is 74.5 Å². The predicted molar refractivity (Wildman–Crippen MR) is 100 cm³/mol. The number of hydrazone groups is 1. The maximum Gasteiger partial charge on any atom is 0.209 e. The van der Waals surface area contributed by atoms with Crippen LogP contribution in [0.5, 0.6) is 0 Å². The lowest BCUT2D eigenvalue weighted by atomic mass is 10.0. The zero-order valence-electron chi connectivity index (χ0n) is 12.5. The molecule has 22 heavy (non-hydrogen) atoms. The summed E-state index contributed by atoms with van der Waals surface area (Å²) in [6.07, 6.45) is 0.981. The molecule has 4 nitrogen and oxygen atoms in total. The van der Waals surface area contributed by atoms with E-state index in [9.17, 15) is 0 Å². The maximum atomic E-state index is 5.59. The topological polar surface area (TPSA) is 62.8 Å². The van der Waals surface area contributed by atoms with Crippen LogP contribution in [-0.2, 0) is 6.42 Å². The molecule has 0 aromatic heterocycles. The Morgan fingerprint density at radius 2 is 1.82 bits per heavy atom. The number of nitrogens with two attached hydrogens (primary N) is 1. The van der Waals surface area contributed by atoms with Gasteiger partial charge in [-0.15, -0.1) is 0 Å². The van der Waals surface area contributed by atoms with Gasteiger partial charge in [0.2, 0.25) is 5.96 Å². The highest BCUT2D eigenvalue weighted by Gasteiger charge is 2.19. The van der Waals surface area contributed by atoms with Crippen molar-refractivity contribution < 1.29 is 0 Å². The van der Waals surface area contributed by atoms with Crippen LogP contribution in [0.2, 0.25) is 0 Å². The number of benzene rings is 2. The molecular weight excluding hydrogens is 387 g/mol. The van der Waals surface area contributed by atoms with Crippen LogP contribution in [0, 0.1) is 3.57 Å². The number of guanidine groups is 1. The van der Waals surface area contributed by atoms with Crippen molar-refractivity contribution >= 4 is 34.3 Å². The van der Waals surface area contributed by atoms with Gasteiger partial charge in [-0.3, -0.25) is 4.99 Å². The fourth-order valence-corrected chi connectivity index (χ4v) is 3.22. The van der Waals surface area contributed by atoms with E-state index in [0.717, 1.165) is 17.7 Å². The van der Waals surface area contributed by atoms with Gasteiger partial charge in [-0.05, 0) is 82.0 Å².